The van der Waals surface area contributed by atoms with Gasteiger partial charge in [0.05, 0.1) is 0 Å². The molecule has 0 aromatic carbocycles. The molecule has 1 saturated carbocycles. The Labute approximate surface area is 101 Å². The molecule has 0 aromatic heterocycles. The molecule has 0 aliphatic heterocycles. The van der Waals surface area contributed by atoms with Crippen molar-refractivity contribution in [1.29, 1.82) is 0 Å². The minimum Gasteiger partial charge on any atom is -0.314 e. The summed E-state index contributed by atoms with van der Waals surface area (Å²) < 4.78 is 0. The third-order valence-electron chi connectivity index (χ3n) is 4.23. The highest BCUT2D eigenvalue weighted by Crippen LogP contribution is 2.32. The van der Waals surface area contributed by atoms with E-state index < -0.39 is 0 Å². The molecule has 2 rings (SSSR count). The van der Waals surface area contributed by atoms with Crippen molar-refractivity contribution in [2.75, 3.05) is 6.54 Å². The zero-order chi connectivity index (χ0) is 11.2. The fourth-order valence-corrected chi connectivity index (χ4v) is 3.06. The molecule has 0 radical (unpaired) electrons. The Balaban J connectivity index is 1.78. The molecule has 0 spiro atoms. The van der Waals surface area contributed by atoms with Crippen molar-refractivity contribution in [2.24, 2.45) is 5.92 Å². The van der Waals surface area contributed by atoms with Crippen LogP contribution in [0.3, 0.4) is 0 Å². The van der Waals surface area contributed by atoms with Gasteiger partial charge < -0.3 is 5.32 Å². The Morgan fingerprint density at radius 3 is 2.75 bits per heavy atom. The monoisotopic (exact) mass is 221 g/mol. The normalized spacial score (nSPS) is 23.7. The zero-order valence-corrected chi connectivity index (χ0v) is 10.8. The van der Waals surface area contributed by atoms with Crippen molar-refractivity contribution in [3.8, 4) is 0 Å². The highest BCUT2D eigenvalue weighted by atomic mass is 14.9. The lowest BCUT2D eigenvalue weighted by atomic mass is 9.79. The summed E-state index contributed by atoms with van der Waals surface area (Å²) in [4.78, 5) is 0. The van der Waals surface area contributed by atoms with Crippen molar-refractivity contribution in [3.63, 3.8) is 0 Å². The predicted octanol–water partition coefficient (Wildman–Crippen LogP) is 4.05. The summed E-state index contributed by atoms with van der Waals surface area (Å²) in [7, 11) is 0. The largest absolute Gasteiger partial charge is 0.314 e. The maximum atomic E-state index is 3.69. The van der Waals surface area contributed by atoms with Crippen molar-refractivity contribution >= 4 is 0 Å². The summed E-state index contributed by atoms with van der Waals surface area (Å²) >= 11 is 0. The molecule has 2 aliphatic rings. The topological polar surface area (TPSA) is 12.0 Å². The molecule has 1 atom stereocenters. The number of hydrogen-bond donors (Lipinski definition) is 1. The Kier molecular flexibility index (Phi) is 4.90. The fourth-order valence-electron chi connectivity index (χ4n) is 3.06. The maximum Gasteiger partial charge on any atom is 0.0107 e. The first-order valence-electron chi connectivity index (χ1n) is 7.29. The second-order valence-electron chi connectivity index (χ2n) is 5.60. The fraction of sp³-hybridized carbons (Fsp3) is 0.867. The molecule has 92 valence electrons. The lowest BCUT2D eigenvalue weighted by molar-refractivity contribution is 0.259. The molecule has 0 aromatic rings. The van der Waals surface area contributed by atoms with E-state index in [1.807, 2.05) is 0 Å². The highest BCUT2D eigenvalue weighted by molar-refractivity contribution is 5.07. The maximum absolute atomic E-state index is 3.69. The lowest BCUT2D eigenvalue weighted by Crippen LogP contribution is -2.33. The van der Waals surface area contributed by atoms with Crippen LogP contribution >= 0.6 is 0 Å². The summed E-state index contributed by atoms with van der Waals surface area (Å²) in [6.07, 6.45) is 15.2. The van der Waals surface area contributed by atoms with E-state index in [0.717, 1.165) is 18.5 Å². The smallest absolute Gasteiger partial charge is 0.0107 e. The molecule has 1 fully saturated rings. The molecule has 0 heterocycles. The van der Waals surface area contributed by atoms with Gasteiger partial charge in [0.15, 0.2) is 0 Å². The molecular formula is C15H27N. The number of allylic oxidation sites excluding steroid dienone is 1. The first kappa shape index (κ1) is 12.2. The predicted molar refractivity (Wildman–Crippen MR) is 70.6 cm³/mol. The summed E-state index contributed by atoms with van der Waals surface area (Å²) in [5.74, 6) is 1.04. The molecule has 0 bridgehead atoms. The van der Waals surface area contributed by atoms with Gasteiger partial charge in [0.2, 0.25) is 0 Å². The quantitative estimate of drug-likeness (QED) is 0.667. The van der Waals surface area contributed by atoms with Gasteiger partial charge in [-0.05, 0) is 51.0 Å². The molecular weight excluding hydrogens is 194 g/mol. The highest BCUT2D eigenvalue weighted by Gasteiger charge is 2.22. The lowest BCUT2D eigenvalue weighted by Gasteiger charge is -2.31. The van der Waals surface area contributed by atoms with Gasteiger partial charge in [0.25, 0.3) is 0 Å². The molecule has 0 saturated heterocycles. The van der Waals surface area contributed by atoms with E-state index in [9.17, 15) is 0 Å². The van der Waals surface area contributed by atoms with Crippen LogP contribution in [0.5, 0.6) is 0 Å². The van der Waals surface area contributed by atoms with E-state index >= 15 is 0 Å². The van der Waals surface area contributed by atoms with Gasteiger partial charge in [0, 0.05) is 6.04 Å². The van der Waals surface area contributed by atoms with Crippen LogP contribution in [-0.4, -0.2) is 12.6 Å². The standard InChI is InChI=1S/C15H27N/c1-2-16-15(12-14-9-6-10-14)11-13-7-4-3-5-8-13/h7,14-16H,2-6,8-12H2,1H3. The molecule has 16 heavy (non-hydrogen) atoms. The van der Waals surface area contributed by atoms with Crippen LogP contribution in [0.2, 0.25) is 0 Å². The van der Waals surface area contributed by atoms with Crippen LogP contribution in [0.4, 0.5) is 0 Å². The van der Waals surface area contributed by atoms with Gasteiger partial charge in [-0.2, -0.15) is 0 Å². The van der Waals surface area contributed by atoms with E-state index in [1.165, 1.54) is 57.8 Å². The average Bonchev–Trinajstić information content (AvgIpc) is 2.25. The molecule has 1 N–H and O–H groups in total. The SMILES string of the molecule is CCNC(CC1=CCCCC1)CC1CCC1. The van der Waals surface area contributed by atoms with E-state index in [-0.39, 0.29) is 0 Å². The van der Waals surface area contributed by atoms with E-state index in [1.54, 1.807) is 5.57 Å². The second kappa shape index (κ2) is 6.44. The first-order valence-corrected chi connectivity index (χ1v) is 7.29. The van der Waals surface area contributed by atoms with Gasteiger partial charge in [-0.25, -0.2) is 0 Å². The molecule has 1 unspecified atom stereocenters. The summed E-state index contributed by atoms with van der Waals surface area (Å²) in [6.45, 7) is 3.37. The average molecular weight is 221 g/mol. The van der Waals surface area contributed by atoms with Crippen molar-refractivity contribution in [3.05, 3.63) is 11.6 Å². The van der Waals surface area contributed by atoms with E-state index in [4.69, 9.17) is 0 Å². The number of rotatable bonds is 6. The second-order valence-corrected chi connectivity index (χ2v) is 5.60. The molecule has 1 nitrogen and oxygen atoms in total. The molecule has 1 heteroatoms. The number of hydrogen-bond acceptors (Lipinski definition) is 1. The number of nitrogens with one attached hydrogen (secondary N) is 1. The minimum atomic E-state index is 0.764. The van der Waals surface area contributed by atoms with Crippen molar-refractivity contribution in [1.82, 2.24) is 5.32 Å². The van der Waals surface area contributed by atoms with Gasteiger partial charge in [-0.15, -0.1) is 0 Å². The summed E-state index contributed by atoms with van der Waals surface area (Å²) in [5.41, 5.74) is 1.73. The van der Waals surface area contributed by atoms with Gasteiger partial charge >= 0.3 is 0 Å². The van der Waals surface area contributed by atoms with Gasteiger partial charge in [-0.3, -0.25) is 0 Å². The van der Waals surface area contributed by atoms with Crippen LogP contribution in [0.25, 0.3) is 0 Å². The van der Waals surface area contributed by atoms with Crippen LogP contribution in [0.1, 0.15) is 64.7 Å². The summed E-state index contributed by atoms with van der Waals surface area (Å²) in [6, 6.07) is 0.764. The summed E-state index contributed by atoms with van der Waals surface area (Å²) in [5, 5.41) is 3.69. The van der Waals surface area contributed by atoms with E-state index in [0.29, 0.717) is 0 Å². The van der Waals surface area contributed by atoms with E-state index in [2.05, 4.69) is 18.3 Å². The van der Waals surface area contributed by atoms with Crippen molar-refractivity contribution in [2.45, 2.75) is 70.8 Å². The van der Waals surface area contributed by atoms with Gasteiger partial charge in [0.1, 0.15) is 0 Å². The van der Waals surface area contributed by atoms with Gasteiger partial charge in [-0.1, -0.05) is 37.8 Å². The van der Waals surface area contributed by atoms with Crippen LogP contribution in [0.15, 0.2) is 11.6 Å². The third kappa shape index (κ3) is 3.62. The Morgan fingerprint density at radius 2 is 2.19 bits per heavy atom. The minimum absolute atomic E-state index is 0.764. The first-order chi connectivity index (χ1) is 7.88. The van der Waals surface area contributed by atoms with Crippen molar-refractivity contribution < 1.29 is 0 Å². The Hall–Kier alpha value is -0.300. The van der Waals surface area contributed by atoms with Crippen LogP contribution in [-0.2, 0) is 0 Å². The third-order valence-corrected chi connectivity index (χ3v) is 4.23. The Morgan fingerprint density at radius 1 is 1.31 bits per heavy atom. The molecule has 0 amide bonds. The van der Waals surface area contributed by atoms with Crippen LogP contribution in [0, 0.1) is 5.92 Å². The Bertz CT molecular complexity index is 228. The zero-order valence-electron chi connectivity index (χ0n) is 10.8. The molecule has 2 aliphatic carbocycles. The van der Waals surface area contributed by atoms with Crippen LogP contribution < -0.4 is 5.32 Å².